The average Bonchev–Trinajstić information content (AvgIpc) is 2.45. The molecule has 0 aromatic heterocycles. The molecule has 0 radical (unpaired) electrons. The third-order valence-electron chi connectivity index (χ3n) is 3.99. The van der Waals surface area contributed by atoms with Gasteiger partial charge >= 0.3 is 0 Å². The normalized spacial score (nSPS) is 16.7. The number of hydrogen-bond acceptors (Lipinski definition) is 3. The Labute approximate surface area is 130 Å². The van der Waals surface area contributed by atoms with E-state index in [2.05, 4.69) is 5.32 Å². The fraction of sp³-hybridized carbons (Fsp3) is 0.533. The number of rotatable bonds is 4. The number of aryl methyl sites for hydroxylation is 1. The molecule has 0 bridgehead atoms. The number of benzene rings is 1. The summed E-state index contributed by atoms with van der Waals surface area (Å²) >= 11 is 0. The Hall–Kier alpha value is -1.07. The highest BCUT2D eigenvalue weighted by molar-refractivity contribution is 8.13. The molecule has 1 fully saturated rings. The number of halogens is 1. The van der Waals surface area contributed by atoms with Gasteiger partial charge in [0.25, 0.3) is 15.0 Å². The second-order valence-corrected chi connectivity index (χ2v) is 8.17. The summed E-state index contributed by atoms with van der Waals surface area (Å²) in [5, 5.41) is 2.89. The number of carbonyl (C=O) groups is 1. The zero-order chi connectivity index (χ0) is 15.5. The third-order valence-corrected chi connectivity index (χ3v) is 5.45. The average molecular weight is 330 g/mol. The molecule has 21 heavy (non-hydrogen) atoms. The lowest BCUT2D eigenvalue weighted by Crippen LogP contribution is -2.30. The Kier molecular flexibility index (Phi) is 5.27. The molecule has 0 atom stereocenters. The van der Waals surface area contributed by atoms with Crippen molar-refractivity contribution in [2.24, 2.45) is 5.92 Å². The van der Waals surface area contributed by atoms with Gasteiger partial charge in [-0.15, -0.1) is 0 Å². The van der Waals surface area contributed by atoms with Gasteiger partial charge in [-0.2, -0.15) is 0 Å². The van der Waals surface area contributed by atoms with Gasteiger partial charge in [-0.25, -0.2) is 8.42 Å². The molecule has 1 N–H and O–H groups in total. The van der Waals surface area contributed by atoms with E-state index in [0.29, 0.717) is 23.6 Å². The quantitative estimate of drug-likeness (QED) is 0.862. The van der Waals surface area contributed by atoms with Crippen molar-refractivity contribution in [1.29, 1.82) is 0 Å². The van der Waals surface area contributed by atoms with Gasteiger partial charge in [-0.3, -0.25) is 4.79 Å². The van der Waals surface area contributed by atoms with Crippen LogP contribution in [-0.2, 0) is 9.05 Å². The Morgan fingerprint density at radius 1 is 1.29 bits per heavy atom. The molecule has 0 heterocycles. The van der Waals surface area contributed by atoms with Gasteiger partial charge < -0.3 is 5.32 Å². The van der Waals surface area contributed by atoms with Crippen molar-refractivity contribution in [2.75, 3.05) is 6.54 Å². The first-order chi connectivity index (χ1) is 9.88. The monoisotopic (exact) mass is 329 g/mol. The van der Waals surface area contributed by atoms with Crippen molar-refractivity contribution in [3.05, 3.63) is 29.3 Å². The van der Waals surface area contributed by atoms with Crippen molar-refractivity contribution >= 4 is 25.6 Å². The highest BCUT2D eigenvalue weighted by Gasteiger charge is 2.18. The van der Waals surface area contributed by atoms with Gasteiger partial charge in [0, 0.05) is 22.8 Å². The molecule has 1 aromatic carbocycles. The molecule has 1 aliphatic rings. The fourth-order valence-corrected chi connectivity index (χ4v) is 3.95. The Morgan fingerprint density at radius 2 is 1.95 bits per heavy atom. The number of carbonyl (C=O) groups excluding carboxylic acids is 1. The maximum absolute atomic E-state index is 12.1. The van der Waals surface area contributed by atoms with Gasteiger partial charge in [0.1, 0.15) is 0 Å². The predicted octanol–water partition coefficient (Wildman–Crippen LogP) is 3.23. The maximum Gasteiger partial charge on any atom is 0.261 e. The van der Waals surface area contributed by atoms with Gasteiger partial charge in [-0.1, -0.05) is 25.3 Å². The van der Waals surface area contributed by atoms with Gasteiger partial charge in [0.15, 0.2) is 0 Å². The van der Waals surface area contributed by atoms with E-state index in [1.165, 1.54) is 25.3 Å². The Morgan fingerprint density at radius 3 is 2.57 bits per heavy atom. The van der Waals surface area contributed by atoms with Crippen LogP contribution in [0.5, 0.6) is 0 Å². The Bertz CT molecular complexity index is 622. The molecule has 0 unspecified atom stereocenters. The van der Waals surface area contributed by atoms with E-state index in [4.69, 9.17) is 10.7 Å². The summed E-state index contributed by atoms with van der Waals surface area (Å²) in [7, 11) is 1.55. The van der Waals surface area contributed by atoms with Crippen LogP contribution in [0.2, 0.25) is 0 Å². The molecule has 1 saturated carbocycles. The molecular weight excluding hydrogens is 310 g/mol. The summed E-state index contributed by atoms with van der Waals surface area (Å²) in [5.41, 5.74) is 0.865. The molecular formula is C15H20ClNO3S. The van der Waals surface area contributed by atoms with Gasteiger partial charge in [-0.05, 0) is 43.4 Å². The van der Waals surface area contributed by atoms with Crippen molar-refractivity contribution < 1.29 is 13.2 Å². The molecule has 0 aliphatic heterocycles. The molecule has 2 rings (SSSR count). The molecule has 0 spiro atoms. The van der Waals surface area contributed by atoms with Crippen molar-refractivity contribution in [2.45, 2.75) is 43.9 Å². The van der Waals surface area contributed by atoms with E-state index in [-0.39, 0.29) is 10.8 Å². The van der Waals surface area contributed by atoms with Gasteiger partial charge in [0.05, 0.1) is 4.90 Å². The second kappa shape index (κ2) is 6.79. The SMILES string of the molecule is Cc1ccc(C(=O)NCC2CCCCC2)cc1S(=O)(=O)Cl. The smallest absolute Gasteiger partial charge is 0.261 e. The summed E-state index contributed by atoms with van der Waals surface area (Å²) in [4.78, 5) is 12.1. The zero-order valence-corrected chi connectivity index (χ0v) is 13.6. The highest BCUT2D eigenvalue weighted by atomic mass is 35.7. The molecule has 6 heteroatoms. The molecule has 4 nitrogen and oxygen atoms in total. The van der Waals surface area contributed by atoms with Crippen LogP contribution < -0.4 is 5.32 Å². The predicted molar refractivity (Wildman–Crippen MR) is 83.1 cm³/mol. The summed E-state index contributed by atoms with van der Waals surface area (Å²) in [6.07, 6.45) is 6.02. The minimum Gasteiger partial charge on any atom is -0.352 e. The summed E-state index contributed by atoms with van der Waals surface area (Å²) in [5.74, 6) is 0.284. The summed E-state index contributed by atoms with van der Waals surface area (Å²) in [6.45, 7) is 2.30. The first kappa shape index (κ1) is 16.3. The largest absolute Gasteiger partial charge is 0.352 e. The maximum atomic E-state index is 12.1. The lowest BCUT2D eigenvalue weighted by atomic mass is 9.89. The van der Waals surface area contributed by atoms with Crippen LogP contribution in [0.3, 0.4) is 0 Å². The highest BCUT2D eigenvalue weighted by Crippen LogP contribution is 2.23. The fourth-order valence-electron chi connectivity index (χ4n) is 2.73. The topological polar surface area (TPSA) is 63.2 Å². The van der Waals surface area contributed by atoms with E-state index < -0.39 is 9.05 Å². The number of hydrogen-bond donors (Lipinski definition) is 1. The van der Waals surface area contributed by atoms with Crippen LogP contribution >= 0.6 is 10.7 Å². The first-order valence-electron chi connectivity index (χ1n) is 7.21. The number of nitrogens with one attached hydrogen (secondary N) is 1. The molecule has 1 aliphatic carbocycles. The molecule has 1 aromatic rings. The van der Waals surface area contributed by atoms with E-state index in [1.807, 2.05) is 0 Å². The van der Waals surface area contributed by atoms with Crippen LogP contribution in [-0.4, -0.2) is 20.9 Å². The minimum absolute atomic E-state index is 0.00511. The second-order valence-electron chi connectivity index (χ2n) is 5.63. The van der Waals surface area contributed by atoms with E-state index in [1.54, 1.807) is 19.1 Å². The van der Waals surface area contributed by atoms with Crippen LogP contribution in [0.15, 0.2) is 23.1 Å². The Balaban J connectivity index is 2.05. The van der Waals surface area contributed by atoms with Gasteiger partial charge in [0.2, 0.25) is 0 Å². The van der Waals surface area contributed by atoms with E-state index in [0.717, 1.165) is 12.8 Å². The van der Waals surface area contributed by atoms with Crippen LogP contribution in [0, 0.1) is 12.8 Å². The van der Waals surface area contributed by atoms with Crippen molar-refractivity contribution in [1.82, 2.24) is 5.32 Å². The van der Waals surface area contributed by atoms with Crippen molar-refractivity contribution in [3.8, 4) is 0 Å². The van der Waals surface area contributed by atoms with E-state index in [9.17, 15) is 13.2 Å². The number of amides is 1. The zero-order valence-electron chi connectivity index (χ0n) is 12.1. The first-order valence-corrected chi connectivity index (χ1v) is 9.52. The standard InChI is InChI=1S/C15H20ClNO3S/c1-11-7-8-13(9-14(11)21(16,19)20)15(18)17-10-12-5-3-2-4-6-12/h7-9,12H,2-6,10H2,1H3,(H,17,18). The van der Waals surface area contributed by atoms with Crippen molar-refractivity contribution in [3.63, 3.8) is 0 Å². The lowest BCUT2D eigenvalue weighted by Gasteiger charge is -2.21. The van der Waals surface area contributed by atoms with Crippen LogP contribution in [0.4, 0.5) is 0 Å². The summed E-state index contributed by atoms with van der Waals surface area (Å²) < 4.78 is 22.9. The van der Waals surface area contributed by atoms with E-state index >= 15 is 0 Å². The molecule has 116 valence electrons. The summed E-state index contributed by atoms with van der Waals surface area (Å²) in [6, 6.07) is 4.57. The van der Waals surface area contributed by atoms with Crippen LogP contribution in [0.25, 0.3) is 0 Å². The third kappa shape index (κ3) is 4.45. The minimum atomic E-state index is -3.83. The molecule has 1 amide bonds. The van der Waals surface area contributed by atoms with Crippen LogP contribution in [0.1, 0.15) is 48.0 Å². The lowest BCUT2D eigenvalue weighted by molar-refractivity contribution is 0.0943. The molecule has 0 saturated heterocycles.